The van der Waals surface area contributed by atoms with Crippen LogP contribution in [-0.4, -0.2) is 45.0 Å². The zero-order valence-electron chi connectivity index (χ0n) is 21.6. The van der Waals surface area contributed by atoms with Gasteiger partial charge >= 0.3 is 0 Å². The molecule has 198 valence electrons. The molecule has 2 atom stereocenters. The van der Waals surface area contributed by atoms with Crippen LogP contribution in [0.4, 0.5) is 8.78 Å². The van der Waals surface area contributed by atoms with Gasteiger partial charge in [-0.25, -0.2) is 13.8 Å². The Kier molecular flexibility index (Phi) is 7.82. The third-order valence-electron chi connectivity index (χ3n) is 6.66. The van der Waals surface area contributed by atoms with Crippen molar-refractivity contribution in [3.8, 4) is 0 Å². The number of amides is 1. The second kappa shape index (κ2) is 10.9. The molecule has 1 fully saturated rings. The summed E-state index contributed by atoms with van der Waals surface area (Å²) in [4.78, 5) is 22.9. The highest BCUT2D eigenvalue weighted by atomic mass is 19.3. The number of imidazole rings is 1. The lowest BCUT2D eigenvalue weighted by molar-refractivity contribution is -0.133. The van der Waals surface area contributed by atoms with Crippen molar-refractivity contribution in [2.75, 3.05) is 6.54 Å². The lowest BCUT2D eigenvalue weighted by Gasteiger charge is -2.35. The molecule has 0 saturated heterocycles. The number of nitrogens with one attached hydrogen (secondary N) is 1. The maximum atomic E-state index is 13.8. The van der Waals surface area contributed by atoms with E-state index in [-0.39, 0.29) is 12.3 Å². The number of carbonyl (C=O) groups is 1. The van der Waals surface area contributed by atoms with Crippen LogP contribution in [0.3, 0.4) is 0 Å². The van der Waals surface area contributed by atoms with Crippen molar-refractivity contribution in [3.05, 3.63) is 77.0 Å². The number of allylic oxidation sites excluding steroid dienone is 1. The van der Waals surface area contributed by atoms with Gasteiger partial charge in [0, 0.05) is 35.2 Å². The van der Waals surface area contributed by atoms with Crippen molar-refractivity contribution >= 4 is 16.9 Å². The van der Waals surface area contributed by atoms with Crippen molar-refractivity contribution in [2.45, 2.75) is 71.4 Å². The number of aliphatic hydroxyl groups is 1. The number of halogens is 2. The largest absolute Gasteiger partial charge is 0.458 e. The highest BCUT2D eigenvalue weighted by Crippen LogP contribution is 2.50. The number of aromatic nitrogens is 2. The van der Waals surface area contributed by atoms with Gasteiger partial charge in [0.1, 0.15) is 29.2 Å². The highest BCUT2D eigenvalue weighted by Gasteiger charge is 2.43. The molecule has 1 saturated carbocycles. The molecule has 37 heavy (non-hydrogen) atoms. The Hall–Kier alpha value is -3.46. The number of hydrogen-bond acceptors (Lipinski definition) is 5. The molecular formula is C28H33F2N3O4. The third kappa shape index (κ3) is 5.05. The first kappa shape index (κ1) is 26.6. The molecule has 2 N–H and O–H groups in total. The molecule has 2 aromatic heterocycles. The zero-order valence-corrected chi connectivity index (χ0v) is 21.6. The van der Waals surface area contributed by atoms with E-state index < -0.39 is 35.8 Å². The number of aliphatic hydroxyl groups excluding tert-OH is 1. The van der Waals surface area contributed by atoms with Gasteiger partial charge in [-0.15, -0.1) is 0 Å². The molecule has 3 aromatic rings. The summed E-state index contributed by atoms with van der Waals surface area (Å²) in [7, 11) is 0. The first-order chi connectivity index (χ1) is 17.8. The number of nitrogens with zero attached hydrogens (tertiary/aromatic N) is 2. The minimum atomic E-state index is -2.92. The van der Waals surface area contributed by atoms with Crippen LogP contribution in [0, 0.1) is 0 Å². The molecule has 0 spiro atoms. The number of hydrogen-bond donors (Lipinski definition) is 2. The summed E-state index contributed by atoms with van der Waals surface area (Å²) in [6.45, 7) is 10.4. The van der Waals surface area contributed by atoms with E-state index in [2.05, 4.69) is 16.5 Å². The highest BCUT2D eigenvalue weighted by molar-refractivity contribution is 5.93. The Morgan fingerprint density at radius 1 is 1.30 bits per heavy atom. The SMILES string of the molecule is C=C(O/C(C(=O)N1CCc2[nH]cnc2C1c1oc2ccccc2c1C1CC1)=C(\C)C(F)F)C(C)O.CC. The molecule has 9 heteroatoms. The summed E-state index contributed by atoms with van der Waals surface area (Å²) in [6, 6.07) is 6.99. The average Bonchev–Trinajstić information content (AvgIpc) is 3.48. The van der Waals surface area contributed by atoms with Gasteiger partial charge in [0.05, 0.1) is 12.0 Å². The van der Waals surface area contributed by atoms with Crippen molar-refractivity contribution in [1.29, 1.82) is 0 Å². The van der Waals surface area contributed by atoms with E-state index in [4.69, 9.17) is 9.15 Å². The van der Waals surface area contributed by atoms with E-state index in [1.807, 2.05) is 38.1 Å². The van der Waals surface area contributed by atoms with Crippen molar-refractivity contribution < 1.29 is 27.8 Å². The van der Waals surface area contributed by atoms with Gasteiger partial charge in [-0.2, -0.15) is 0 Å². The predicted octanol–water partition coefficient (Wildman–Crippen LogP) is 5.98. The van der Waals surface area contributed by atoms with Crippen LogP contribution >= 0.6 is 0 Å². The minimum Gasteiger partial charge on any atom is -0.458 e. The maximum absolute atomic E-state index is 13.8. The van der Waals surface area contributed by atoms with E-state index >= 15 is 0 Å². The smallest absolute Gasteiger partial charge is 0.290 e. The molecule has 1 aromatic carbocycles. The number of fused-ring (bicyclic) bond motifs is 2. The molecule has 3 heterocycles. The molecule has 1 aliphatic carbocycles. The normalized spacial score (nSPS) is 18.6. The molecule has 5 rings (SSSR count). The predicted molar refractivity (Wildman–Crippen MR) is 136 cm³/mol. The van der Waals surface area contributed by atoms with Gasteiger partial charge in [-0.05, 0) is 38.7 Å². The fourth-order valence-corrected chi connectivity index (χ4v) is 4.58. The van der Waals surface area contributed by atoms with Crippen LogP contribution in [0.25, 0.3) is 11.0 Å². The Bertz CT molecular complexity index is 1320. The number of rotatable bonds is 7. The molecule has 1 amide bonds. The summed E-state index contributed by atoms with van der Waals surface area (Å²) in [5.74, 6) is -0.563. The third-order valence-corrected chi connectivity index (χ3v) is 6.66. The minimum absolute atomic E-state index is 0.190. The Labute approximate surface area is 214 Å². The first-order valence-corrected chi connectivity index (χ1v) is 12.7. The summed E-state index contributed by atoms with van der Waals surface area (Å²) < 4.78 is 39.3. The first-order valence-electron chi connectivity index (χ1n) is 12.7. The van der Waals surface area contributed by atoms with E-state index in [9.17, 15) is 18.7 Å². The fourth-order valence-electron chi connectivity index (χ4n) is 4.58. The number of H-pyrrole nitrogens is 1. The topological polar surface area (TPSA) is 91.6 Å². The summed E-state index contributed by atoms with van der Waals surface area (Å²) in [5.41, 5.74) is 2.69. The van der Waals surface area contributed by atoms with Gasteiger partial charge in [0.15, 0.2) is 5.76 Å². The lowest BCUT2D eigenvalue weighted by atomic mass is 9.94. The maximum Gasteiger partial charge on any atom is 0.290 e. The van der Waals surface area contributed by atoms with Gasteiger partial charge in [-0.1, -0.05) is 38.6 Å². The average molecular weight is 514 g/mol. The zero-order chi connectivity index (χ0) is 26.9. The van der Waals surface area contributed by atoms with E-state index in [1.54, 1.807) is 6.33 Å². The fraction of sp³-hybridized carbons (Fsp3) is 0.429. The molecule has 7 nitrogen and oxygen atoms in total. The van der Waals surface area contributed by atoms with Crippen LogP contribution in [0.2, 0.25) is 0 Å². The van der Waals surface area contributed by atoms with E-state index in [0.717, 1.165) is 36.4 Å². The standard InChI is InChI=1S/C26H27F2N3O4.C2H6/c1-13(25(27)28)23(34-15(3)14(2)32)26(33)31-11-10-18-21(30-12-29-18)22(31)24-20(16-8-9-16)17-6-4-5-7-19(17)35-24;1-2/h4-7,12,14,16,22,25,32H,3,8-11H2,1-2H3,(H,29,30);1-2H3/b23-13+;. The molecule has 0 radical (unpaired) electrons. The Balaban J connectivity index is 0.00000156. The Morgan fingerprint density at radius 3 is 2.65 bits per heavy atom. The molecule has 2 aliphatic rings. The van der Waals surface area contributed by atoms with Crippen molar-refractivity contribution in [2.24, 2.45) is 0 Å². The number of furan rings is 1. The van der Waals surface area contributed by atoms with Crippen molar-refractivity contribution in [1.82, 2.24) is 14.9 Å². The van der Waals surface area contributed by atoms with Crippen LogP contribution in [-0.2, 0) is 16.0 Å². The quantitative estimate of drug-likeness (QED) is 0.299. The number of para-hydroxylation sites is 1. The molecule has 0 bridgehead atoms. The molecule has 1 aliphatic heterocycles. The van der Waals surface area contributed by atoms with Crippen molar-refractivity contribution in [3.63, 3.8) is 0 Å². The lowest BCUT2D eigenvalue weighted by Crippen LogP contribution is -2.42. The monoisotopic (exact) mass is 513 g/mol. The molecular weight excluding hydrogens is 480 g/mol. The van der Waals surface area contributed by atoms with E-state index in [0.29, 0.717) is 29.4 Å². The summed E-state index contributed by atoms with van der Waals surface area (Å²) >= 11 is 0. The Morgan fingerprint density at radius 2 is 2.00 bits per heavy atom. The number of ether oxygens (including phenoxy) is 1. The summed E-state index contributed by atoms with van der Waals surface area (Å²) in [6.07, 6.45) is -0.00866. The van der Waals surface area contributed by atoms with E-state index in [1.165, 1.54) is 11.8 Å². The van der Waals surface area contributed by atoms with Crippen LogP contribution in [0.15, 0.2) is 58.7 Å². The van der Waals surface area contributed by atoms with Gasteiger partial charge in [0.25, 0.3) is 12.3 Å². The summed E-state index contributed by atoms with van der Waals surface area (Å²) in [5, 5.41) is 10.8. The number of benzene rings is 1. The van der Waals surface area contributed by atoms with Gasteiger partial charge in [-0.3, -0.25) is 4.79 Å². The number of carbonyl (C=O) groups excluding carboxylic acids is 1. The second-order valence-electron chi connectivity index (χ2n) is 9.13. The number of alkyl halides is 2. The number of aromatic amines is 1. The van der Waals surface area contributed by atoms with Crippen LogP contribution in [0.1, 0.15) is 75.2 Å². The van der Waals surface area contributed by atoms with Gasteiger partial charge < -0.3 is 24.1 Å². The second-order valence-corrected chi connectivity index (χ2v) is 9.13. The van der Waals surface area contributed by atoms with Crippen LogP contribution < -0.4 is 0 Å². The molecule has 2 unspecified atom stereocenters. The van der Waals surface area contributed by atoms with Gasteiger partial charge in [0.2, 0.25) is 0 Å². The van der Waals surface area contributed by atoms with Crippen LogP contribution in [0.5, 0.6) is 0 Å².